The third kappa shape index (κ3) is 5.01. The highest BCUT2D eigenvalue weighted by Crippen LogP contribution is 2.21. The predicted octanol–water partition coefficient (Wildman–Crippen LogP) is 3.35. The topological polar surface area (TPSA) is 58.2 Å². The summed E-state index contributed by atoms with van der Waals surface area (Å²) in [5.74, 6) is -1.82. The quantitative estimate of drug-likeness (QED) is 0.684. The number of benzene rings is 3. The van der Waals surface area contributed by atoms with Gasteiger partial charge in [0.25, 0.3) is 0 Å². The van der Waals surface area contributed by atoms with Crippen molar-refractivity contribution in [3.63, 3.8) is 0 Å². The van der Waals surface area contributed by atoms with Crippen LogP contribution in [-0.2, 0) is 16.1 Å². The molecule has 5 heteroatoms. The maximum absolute atomic E-state index is 12.9. The summed E-state index contributed by atoms with van der Waals surface area (Å²) >= 11 is 0. The highest BCUT2D eigenvalue weighted by molar-refractivity contribution is 6.35. The Morgan fingerprint density at radius 1 is 0.741 bits per heavy atom. The van der Waals surface area contributed by atoms with Gasteiger partial charge in [-0.15, -0.1) is 0 Å². The van der Waals surface area contributed by atoms with Crippen LogP contribution in [0.2, 0.25) is 0 Å². The van der Waals surface area contributed by atoms with E-state index in [1.54, 1.807) is 12.1 Å². The van der Waals surface area contributed by atoms with Crippen LogP contribution in [0.5, 0.6) is 0 Å². The first-order chi connectivity index (χ1) is 13.1. The minimum Gasteiger partial charge on any atom is -0.344 e. The number of amides is 2. The molecule has 0 atom stereocenters. The smallest absolute Gasteiger partial charge is 0.310 e. The molecule has 0 saturated heterocycles. The lowest BCUT2D eigenvalue weighted by Gasteiger charge is -2.19. The van der Waals surface area contributed by atoms with Gasteiger partial charge >= 0.3 is 11.8 Å². The number of hydrogen-bond donors (Lipinski definition) is 2. The molecule has 3 aromatic rings. The first-order valence-corrected chi connectivity index (χ1v) is 8.56. The fourth-order valence-corrected chi connectivity index (χ4v) is 2.71. The lowest BCUT2D eigenvalue weighted by molar-refractivity contribution is -0.139. The average molecular weight is 362 g/mol. The van der Waals surface area contributed by atoms with E-state index < -0.39 is 17.9 Å². The van der Waals surface area contributed by atoms with Crippen molar-refractivity contribution in [3.05, 3.63) is 107 Å². The lowest BCUT2D eigenvalue weighted by atomic mass is 9.99. The molecule has 0 unspecified atom stereocenters. The van der Waals surface area contributed by atoms with Crippen molar-refractivity contribution in [2.24, 2.45) is 0 Å². The van der Waals surface area contributed by atoms with Crippen molar-refractivity contribution < 1.29 is 14.0 Å². The third-order valence-corrected chi connectivity index (χ3v) is 4.11. The summed E-state index contributed by atoms with van der Waals surface area (Å²) in [6, 6.07) is 24.2. The van der Waals surface area contributed by atoms with Gasteiger partial charge in [-0.1, -0.05) is 72.8 Å². The van der Waals surface area contributed by atoms with Crippen LogP contribution in [0.3, 0.4) is 0 Å². The molecule has 0 saturated carbocycles. The van der Waals surface area contributed by atoms with Crippen LogP contribution in [0.15, 0.2) is 84.9 Å². The Labute approximate surface area is 157 Å². The molecule has 0 bridgehead atoms. The van der Waals surface area contributed by atoms with Gasteiger partial charge in [0.15, 0.2) is 0 Å². The summed E-state index contributed by atoms with van der Waals surface area (Å²) < 4.78 is 12.9. The molecule has 27 heavy (non-hydrogen) atoms. The van der Waals surface area contributed by atoms with Gasteiger partial charge in [0.05, 0.1) is 6.04 Å². The molecule has 136 valence electrons. The second-order valence-corrected chi connectivity index (χ2v) is 6.04. The molecule has 0 radical (unpaired) electrons. The van der Waals surface area contributed by atoms with Gasteiger partial charge in [-0.3, -0.25) is 9.59 Å². The maximum atomic E-state index is 12.9. The van der Waals surface area contributed by atoms with Crippen molar-refractivity contribution in [2.75, 3.05) is 0 Å². The van der Waals surface area contributed by atoms with E-state index in [1.807, 2.05) is 60.7 Å². The second kappa shape index (κ2) is 8.76. The van der Waals surface area contributed by atoms with Crippen LogP contribution in [0.25, 0.3) is 0 Å². The number of nitrogens with one attached hydrogen (secondary N) is 2. The van der Waals surface area contributed by atoms with E-state index in [-0.39, 0.29) is 12.4 Å². The van der Waals surface area contributed by atoms with Gasteiger partial charge in [0.2, 0.25) is 0 Å². The van der Waals surface area contributed by atoms with E-state index in [1.165, 1.54) is 12.1 Å². The van der Waals surface area contributed by atoms with Gasteiger partial charge in [-0.2, -0.15) is 0 Å². The zero-order valence-electron chi connectivity index (χ0n) is 14.6. The summed E-state index contributed by atoms with van der Waals surface area (Å²) in [6.45, 7) is 0.147. The molecule has 0 aromatic heterocycles. The van der Waals surface area contributed by atoms with Crippen LogP contribution in [-0.4, -0.2) is 11.8 Å². The van der Waals surface area contributed by atoms with Gasteiger partial charge < -0.3 is 10.6 Å². The van der Waals surface area contributed by atoms with Gasteiger partial charge in [-0.05, 0) is 28.8 Å². The number of rotatable bonds is 5. The third-order valence-electron chi connectivity index (χ3n) is 4.11. The van der Waals surface area contributed by atoms with Crippen LogP contribution >= 0.6 is 0 Å². The second-order valence-electron chi connectivity index (χ2n) is 6.04. The van der Waals surface area contributed by atoms with Crippen molar-refractivity contribution in [1.82, 2.24) is 10.6 Å². The Balaban J connectivity index is 1.68. The minimum absolute atomic E-state index is 0.147. The van der Waals surface area contributed by atoms with E-state index in [0.717, 1.165) is 11.1 Å². The number of carbonyl (C=O) groups is 2. The number of carbonyl (C=O) groups excluding carboxylic acids is 2. The highest BCUT2D eigenvalue weighted by atomic mass is 19.1. The molecule has 2 N–H and O–H groups in total. The first kappa shape index (κ1) is 18.3. The van der Waals surface area contributed by atoms with Crippen LogP contribution < -0.4 is 10.6 Å². The van der Waals surface area contributed by atoms with Gasteiger partial charge in [0.1, 0.15) is 5.82 Å². The van der Waals surface area contributed by atoms with Gasteiger partial charge in [-0.25, -0.2) is 4.39 Å². The fourth-order valence-electron chi connectivity index (χ4n) is 2.71. The summed E-state index contributed by atoms with van der Waals surface area (Å²) in [5.41, 5.74) is 2.46. The molecule has 0 aliphatic heterocycles. The molecule has 4 nitrogen and oxygen atoms in total. The van der Waals surface area contributed by atoms with E-state index in [0.29, 0.717) is 5.56 Å². The van der Waals surface area contributed by atoms with Crippen molar-refractivity contribution in [2.45, 2.75) is 12.6 Å². The lowest BCUT2D eigenvalue weighted by Crippen LogP contribution is -2.41. The molecule has 3 rings (SSSR count). The van der Waals surface area contributed by atoms with Crippen LogP contribution in [0.1, 0.15) is 22.7 Å². The van der Waals surface area contributed by atoms with E-state index in [4.69, 9.17) is 0 Å². The van der Waals surface area contributed by atoms with Crippen LogP contribution in [0.4, 0.5) is 4.39 Å². The van der Waals surface area contributed by atoms with E-state index in [9.17, 15) is 14.0 Å². The standard InChI is InChI=1S/C22H19FN2O2/c23-19-13-11-16(12-14-19)15-24-21(26)22(27)25-20(17-7-3-1-4-8-17)18-9-5-2-6-10-18/h1-14,20H,15H2,(H,24,26)(H,25,27). The van der Waals surface area contributed by atoms with Crippen LogP contribution in [0, 0.1) is 5.82 Å². The Morgan fingerprint density at radius 3 is 1.78 bits per heavy atom. The molecule has 3 aromatic carbocycles. The average Bonchev–Trinajstić information content (AvgIpc) is 2.72. The minimum atomic E-state index is -0.740. The Kier molecular flexibility index (Phi) is 5.94. The summed E-state index contributed by atoms with van der Waals surface area (Å²) in [7, 11) is 0. The largest absolute Gasteiger partial charge is 0.344 e. The SMILES string of the molecule is O=C(NCc1ccc(F)cc1)C(=O)NC(c1ccccc1)c1ccccc1. The highest BCUT2D eigenvalue weighted by Gasteiger charge is 2.21. The molecule has 0 fully saturated rings. The zero-order chi connectivity index (χ0) is 19.1. The normalized spacial score (nSPS) is 10.4. The summed E-state index contributed by atoms with van der Waals surface area (Å²) in [4.78, 5) is 24.6. The molecule has 0 aliphatic rings. The van der Waals surface area contributed by atoms with Crippen molar-refractivity contribution in [3.8, 4) is 0 Å². The Morgan fingerprint density at radius 2 is 1.26 bits per heavy atom. The number of hydrogen-bond acceptors (Lipinski definition) is 2. The van der Waals surface area contributed by atoms with E-state index >= 15 is 0 Å². The summed E-state index contributed by atoms with van der Waals surface area (Å²) in [6.07, 6.45) is 0. The zero-order valence-corrected chi connectivity index (χ0v) is 14.6. The molecule has 0 heterocycles. The summed E-state index contributed by atoms with van der Waals surface area (Å²) in [5, 5.41) is 5.34. The van der Waals surface area contributed by atoms with E-state index in [2.05, 4.69) is 10.6 Å². The molecular formula is C22H19FN2O2. The first-order valence-electron chi connectivity index (χ1n) is 8.56. The monoisotopic (exact) mass is 362 g/mol. The molecule has 2 amide bonds. The molecule has 0 spiro atoms. The Hall–Kier alpha value is -3.47. The van der Waals surface area contributed by atoms with Crippen molar-refractivity contribution >= 4 is 11.8 Å². The number of halogens is 1. The molecule has 0 aliphatic carbocycles. The maximum Gasteiger partial charge on any atom is 0.310 e. The van der Waals surface area contributed by atoms with Crippen molar-refractivity contribution in [1.29, 1.82) is 0 Å². The Bertz CT molecular complexity index is 857. The molecular weight excluding hydrogens is 343 g/mol. The van der Waals surface area contributed by atoms with Gasteiger partial charge in [0, 0.05) is 6.54 Å². The predicted molar refractivity (Wildman–Crippen MR) is 101 cm³/mol. The fraction of sp³-hybridized carbons (Fsp3) is 0.0909.